The largest absolute Gasteiger partial charge is 0.318 e. The number of H-pyrrole nitrogens is 1. The van der Waals surface area contributed by atoms with Crippen LogP contribution in [0.4, 0.5) is 5.69 Å². The zero-order chi connectivity index (χ0) is 20.0. The van der Waals surface area contributed by atoms with Crippen LogP contribution < -0.4 is 5.56 Å². The first-order chi connectivity index (χ1) is 13.4. The van der Waals surface area contributed by atoms with Crippen LogP contribution in [0.3, 0.4) is 0 Å². The quantitative estimate of drug-likeness (QED) is 0.325. The first-order valence-corrected chi connectivity index (χ1v) is 8.80. The molecule has 0 amide bonds. The SMILES string of the molecule is CCCc1ccn(-c2cc3c(cc2[N+](=O)[O-])[nH]c(=O)c2nc(C=O)c(C)n23)c1. The standard InChI is InChI=1S/C19H17N5O4/c1-3-4-12-5-6-22(9-12)16-8-15-13(7-17(16)24(27)28)21-19(26)18-20-14(10-25)11(2)23(15)18/h5-10H,3-4H2,1-2H3,(H,21,26). The highest BCUT2D eigenvalue weighted by molar-refractivity contribution is 5.86. The van der Waals surface area contributed by atoms with Crippen LogP contribution in [-0.4, -0.2) is 30.1 Å². The van der Waals surface area contributed by atoms with Gasteiger partial charge in [0.2, 0.25) is 5.65 Å². The Kier molecular flexibility index (Phi) is 4.07. The molecular weight excluding hydrogens is 362 g/mol. The Labute approximate surface area is 158 Å². The first kappa shape index (κ1) is 17.7. The Bertz CT molecular complexity index is 1310. The van der Waals surface area contributed by atoms with Crippen molar-refractivity contribution >= 4 is 28.7 Å². The molecule has 0 aliphatic heterocycles. The number of hydrogen-bond acceptors (Lipinski definition) is 5. The van der Waals surface area contributed by atoms with Gasteiger partial charge in [-0.2, -0.15) is 0 Å². The molecule has 1 aromatic carbocycles. The fourth-order valence-electron chi connectivity index (χ4n) is 3.49. The topological polar surface area (TPSA) is 115 Å². The van der Waals surface area contributed by atoms with Gasteiger partial charge in [0.25, 0.3) is 11.2 Å². The van der Waals surface area contributed by atoms with Crippen molar-refractivity contribution in [1.29, 1.82) is 0 Å². The molecule has 28 heavy (non-hydrogen) atoms. The second-order valence-corrected chi connectivity index (χ2v) is 6.61. The van der Waals surface area contributed by atoms with Gasteiger partial charge < -0.3 is 9.55 Å². The molecule has 0 radical (unpaired) electrons. The van der Waals surface area contributed by atoms with E-state index in [2.05, 4.69) is 16.9 Å². The maximum Gasteiger partial charge on any atom is 0.295 e. The van der Waals surface area contributed by atoms with Crippen LogP contribution >= 0.6 is 0 Å². The Balaban J connectivity index is 2.09. The van der Waals surface area contributed by atoms with E-state index < -0.39 is 10.5 Å². The van der Waals surface area contributed by atoms with Gasteiger partial charge in [-0.25, -0.2) is 4.98 Å². The van der Waals surface area contributed by atoms with E-state index in [9.17, 15) is 19.7 Å². The highest BCUT2D eigenvalue weighted by Gasteiger charge is 2.21. The molecule has 0 spiro atoms. The number of aryl methyl sites for hydroxylation is 2. The second kappa shape index (κ2) is 6.45. The molecule has 0 aliphatic rings. The Morgan fingerprint density at radius 1 is 1.36 bits per heavy atom. The number of aromatic nitrogens is 4. The summed E-state index contributed by atoms with van der Waals surface area (Å²) in [7, 11) is 0. The number of nitro benzene ring substituents is 1. The number of carbonyl (C=O) groups is 1. The van der Waals surface area contributed by atoms with Crippen molar-refractivity contribution in [3.8, 4) is 5.69 Å². The molecule has 0 atom stereocenters. The van der Waals surface area contributed by atoms with E-state index >= 15 is 0 Å². The summed E-state index contributed by atoms with van der Waals surface area (Å²) in [5, 5.41) is 11.7. The van der Waals surface area contributed by atoms with Crippen molar-refractivity contribution in [2.75, 3.05) is 0 Å². The normalized spacial score (nSPS) is 11.4. The van der Waals surface area contributed by atoms with E-state index in [0.29, 0.717) is 28.7 Å². The van der Waals surface area contributed by atoms with E-state index in [-0.39, 0.29) is 17.0 Å². The molecular formula is C19H17N5O4. The minimum atomic E-state index is -0.517. The fraction of sp³-hybridized carbons (Fsp3) is 0.211. The lowest BCUT2D eigenvalue weighted by Gasteiger charge is -2.09. The highest BCUT2D eigenvalue weighted by Crippen LogP contribution is 2.29. The summed E-state index contributed by atoms with van der Waals surface area (Å²) in [5.74, 6) is 0. The molecule has 1 N–H and O–H groups in total. The highest BCUT2D eigenvalue weighted by atomic mass is 16.6. The summed E-state index contributed by atoms with van der Waals surface area (Å²) < 4.78 is 3.26. The smallest absolute Gasteiger partial charge is 0.295 e. The number of carbonyl (C=O) groups excluding carboxylic acids is 1. The molecule has 142 valence electrons. The zero-order valence-corrected chi connectivity index (χ0v) is 15.3. The number of nitro groups is 1. The maximum absolute atomic E-state index is 12.4. The second-order valence-electron chi connectivity index (χ2n) is 6.61. The Morgan fingerprint density at radius 2 is 2.14 bits per heavy atom. The van der Waals surface area contributed by atoms with E-state index in [0.717, 1.165) is 18.4 Å². The number of imidazole rings is 1. The molecule has 0 bridgehead atoms. The van der Waals surface area contributed by atoms with Crippen LogP contribution in [0.25, 0.3) is 22.4 Å². The van der Waals surface area contributed by atoms with Crippen molar-refractivity contribution in [3.05, 3.63) is 68.0 Å². The van der Waals surface area contributed by atoms with E-state index in [1.807, 2.05) is 12.3 Å². The third kappa shape index (κ3) is 2.59. The predicted octanol–water partition coefficient (Wildman–Crippen LogP) is 2.95. The third-order valence-electron chi connectivity index (χ3n) is 4.81. The number of fused-ring (bicyclic) bond motifs is 3. The number of rotatable bonds is 5. The molecule has 0 fully saturated rings. The lowest BCUT2D eigenvalue weighted by Crippen LogP contribution is -2.12. The van der Waals surface area contributed by atoms with E-state index in [1.54, 1.807) is 28.2 Å². The van der Waals surface area contributed by atoms with Gasteiger partial charge in [0.05, 0.1) is 21.7 Å². The fourth-order valence-corrected chi connectivity index (χ4v) is 3.49. The average molecular weight is 379 g/mol. The summed E-state index contributed by atoms with van der Waals surface area (Å²) in [4.78, 5) is 41.5. The van der Waals surface area contributed by atoms with E-state index in [1.165, 1.54) is 6.07 Å². The van der Waals surface area contributed by atoms with Gasteiger partial charge in [0.15, 0.2) is 6.29 Å². The molecule has 0 saturated carbocycles. The molecule has 3 heterocycles. The van der Waals surface area contributed by atoms with Crippen molar-refractivity contribution in [2.24, 2.45) is 0 Å². The summed E-state index contributed by atoms with van der Waals surface area (Å²) in [6.45, 7) is 3.74. The third-order valence-corrected chi connectivity index (χ3v) is 4.81. The van der Waals surface area contributed by atoms with Gasteiger partial charge in [-0.1, -0.05) is 13.3 Å². The molecule has 9 nitrogen and oxygen atoms in total. The lowest BCUT2D eigenvalue weighted by atomic mass is 10.2. The van der Waals surface area contributed by atoms with Gasteiger partial charge in [-0.05, 0) is 31.0 Å². The van der Waals surface area contributed by atoms with Gasteiger partial charge in [0, 0.05) is 18.5 Å². The average Bonchev–Trinajstić information content (AvgIpc) is 3.26. The molecule has 9 heteroatoms. The van der Waals surface area contributed by atoms with Crippen molar-refractivity contribution in [1.82, 2.24) is 18.9 Å². The molecule has 0 unspecified atom stereocenters. The number of hydrogen-bond donors (Lipinski definition) is 1. The van der Waals surface area contributed by atoms with Gasteiger partial charge in [-0.3, -0.25) is 24.1 Å². The molecule has 0 saturated heterocycles. The van der Waals surface area contributed by atoms with Crippen molar-refractivity contribution in [3.63, 3.8) is 0 Å². The zero-order valence-electron chi connectivity index (χ0n) is 15.3. The summed E-state index contributed by atoms with van der Waals surface area (Å²) >= 11 is 0. The predicted molar refractivity (Wildman–Crippen MR) is 103 cm³/mol. The molecule has 4 aromatic rings. The lowest BCUT2D eigenvalue weighted by molar-refractivity contribution is -0.384. The Morgan fingerprint density at radius 3 is 2.82 bits per heavy atom. The maximum atomic E-state index is 12.4. The van der Waals surface area contributed by atoms with Crippen LogP contribution in [0.1, 0.15) is 35.1 Å². The monoisotopic (exact) mass is 379 g/mol. The van der Waals surface area contributed by atoms with Crippen LogP contribution in [-0.2, 0) is 6.42 Å². The number of nitrogens with zero attached hydrogens (tertiary/aromatic N) is 4. The van der Waals surface area contributed by atoms with Gasteiger partial charge in [0.1, 0.15) is 11.4 Å². The van der Waals surface area contributed by atoms with Gasteiger partial charge in [-0.15, -0.1) is 0 Å². The number of aromatic amines is 1. The number of aldehydes is 1. The summed E-state index contributed by atoms with van der Waals surface area (Å²) in [5.41, 5.74) is 2.35. The van der Waals surface area contributed by atoms with Crippen LogP contribution in [0.5, 0.6) is 0 Å². The van der Waals surface area contributed by atoms with Crippen molar-refractivity contribution in [2.45, 2.75) is 26.7 Å². The number of benzene rings is 1. The number of nitrogens with one attached hydrogen (secondary N) is 1. The minimum Gasteiger partial charge on any atom is -0.318 e. The molecule has 4 rings (SSSR count). The van der Waals surface area contributed by atoms with Crippen LogP contribution in [0.15, 0.2) is 35.4 Å². The van der Waals surface area contributed by atoms with Gasteiger partial charge >= 0.3 is 0 Å². The van der Waals surface area contributed by atoms with Crippen molar-refractivity contribution < 1.29 is 9.72 Å². The summed E-state index contributed by atoms with van der Waals surface area (Å²) in [6.07, 6.45) is 6.06. The van der Waals surface area contributed by atoms with Crippen LogP contribution in [0.2, 0.25) is 0 Å². The Hall–Kier alpha value is -3.75. The minimum absolute atomic E-state index is 0.0751. The first-order valence-electron chi connectivity index (χ1n) is 8.80. The van der Waals surface area contributed by atoms with E-state index in [4.69, 9.17) is 0 Å². The van der Waals surface area contributed by atoms with Crippen LogP contribution in [0, 0.1) is 17.0 Å². The summed E-state index contributed by atoms with van der Waals surface area (Å²) in [6, 6.07) is 4.90. The molecule has 3 aromatic heterocycles. The molecule has 0 aliphatic carbocycles.